The van der Waals surface area contributed by atoms with E-state index in [9.17, 15) is 22.4 Å². The first-order valence-corrected chi connectivity index (χ1v) is 14.3. The Hall–Kier alpha value is -4.38. The zero-order valence-electron chi connectivity index (χ0n) is 23.9. The van der Waals surface area contributed by atoms with Crippen molar-refractivity contribution in [1.82, 2.24) is 14.9 Å². The average molecular weight is 610 g/mol. The van der Waals surface area contributed by atoms with E-state index in [2.05, 4.69) is 10.3 Å². The Labute approximate surface area is 251 Å². The summed E-state index contributed by atoms with van der Waals surface area (Å²) >= 11 is 0. The first-order valence-electron chi connectivity index (χ1n) is 14.3. The number of methoxy groups -OCH3 is 1. The van der Waals surface area contributed by atoms with E-state index in [0.717, 1.165) is 21.9 Å². The highest BCUT2D eigenvalue weighted by molar-refractivity contribution is 5.68. The second-order valence-corrected chi connectivity index (χ2v) is 11.2. The van der Waals surface area contributed by atoms with Crippen molar-refractivity contribution < 1.29 is 36.6 Å². The third-order valence-electron chi connectivity index (χ3n) is 8.58. The molecule has 0 radical (unpaired) electrons. The van der Waals surface area contributed by atoms with Gasteiger partial charge in [-0.2, -0.15) is 13.2 Å². The minimum Gasteiger partial charge on any atom is -0.496 e. The van der Waals surface area contributed by atoms with Gasteiger partial charge in [0.2, 0.25) is 5.82 Å². The summed E-state index contributed by atoms with van der Waals surface area (Å²) in [6.07, 6.45) is -1.08. The molecule has 6 rings (SSSR count). The van der Waals surface area contributed by atoms with Crippen molar-refractivity contribution >= 4 is 6.09 Å². The molecule has 1 aliphatic heterocycles. The molecule has 2 heterocycles. The quantitative estimate of drug-likeness (QED) is 0.225. The van der Waals surface area contributed by atoms with E-state index in [1.54, 1.807) is 30.3 Å². The van der Waals surface area contributed by atoms with E-state index in [4.69, 9.17) is 14.2 Å². The number of nitrogens with zero attached hydrogens (tertiary/aromatic N) is 2. The van der Waals surface area contributed by atoms with E-state index in [-0.39, 0.29) is 30.3 Å². The van der Waals surface area contributed by atoms with E-state index < -0.39 is 23.7 Å². The number of ether oxygens (including phenoxy) is 3. The topological polar surface area (TPSA) is 74.6 Å². The van der Waals surface area contributed by atoms with Gasteiger partial charge < -0.3 is 19.5 Å². The molecule has 2 aliphatic rings. The van der Waals surface area contributed by atoms with Gasteiger partial charge in [0.1, 0.15) is 18.2 Å². The lowest BCUT2D eigenvalue weighted by atomic mass is 9.78. The third-order valence-corrected chi connectivity index (χ3v) is 8.58. The number of aromatic nitrogens is 2. The Kier molecular flexibility index (Phi) is 8.06. The van der Waals surface area contributed by atoms with Gasteiger partial charge in [-0.25, -0.2) is 14.2 Å². The zero-order chi connectivity index (χ0) is 30.9. The number of hydrogen-bond acceptors (Lipinski definition) is 5. The maximum atomic E-state index is 13.9. The zero-order valence-corrected chi connectivity index (χ0v) is 23.9. The number of rotatable bonds is 7. The van der Waals surface area contributed by atoms with Crippen LogP contribution in [-0.2, 0) is 22.3 Å². The standard InChI is InChI=1S/C33H31F4N3O4/c1-42-28-12-11-25(40-16-15-38-30(40)33(35,36)37)17-26(28)23-18-32(44-20-23)14-13-27(29(32)22-7-9-24(34)10-8-22)39-31(41)43-19-21-5-3-2-4-6-21/h2-12,15-17,23,27,29H,13-14,18-20H2,1H3,(H,39,41)/t23-,27+,29-,32-/m1/s1. The van der Waals surface area contributed by atoms with Crippen LogP contribution in [0.2, 0.25) is 0 Å². The van der Waals surface area contributed by atoms with Crippen molar-refractivity contribution in [1.29, 1.82) is 0 Å². The lowest BCUT2D eigenvalue weighted by Crippen LogP contribution is -2.43. The molecule has 0 unspecified atom stereocenters. The molecule has 7 nitrogen and oxygen atoms in total. The molecule has 1 aliphatic carbocycles. The Morgan fingerprint density at radius 2 is 1.89 bits per heavy atom. The summed E-state index contributed by atoms with van der Waals surface area (Å²) in [7, 11) is 1.51. The number of alkyl carbamates (subject to hydrolysis) is 1. The molecule has 1 spiro atoms. The molecule has 4 atom stereocenters. The highest BCUT2D eigenvalue weighted by atomic mass is 19.4. The van der Waals surface area contributed by atoms with E-state index in [1.807, 2.05) is 30.3 Å². The predicted octanol–water partition coefficient (Wildman–Crippen LogP) is 7.15. The molecule has 0 bridgehead atoms. The summed E-state index contributed by atoms with van der Waals surface area (Å²) < 4.78 is 73.5. The minimum atomic E-state index is -4.62. The molecule has 1 aromatic heterocycles. The van der Waals surface area contributed by atoms with Crippen molar-refractivity contribution in [3.05, 3.63) is 114 Å². The predicted molar refractivity (Wildman–Crippen MR) is 153 cm³/mol. The van der Waals surface area contributed by atoms with Gasteiger partial charge in [-0.1, -0.05) is 42.5 Å². The summed E-state index contributed by atoms with van der Waals surface area (Å²) in [6, 6.07) is 20.1. The molecule has 1 saturated heterocycles. The number of nitrogens with one attached hydrogen (secondary N) is 1. The van der Waals surface area contributed by atoms with Crippen LogP contribution in [0, 0.1) is 5.82 Å². The molecular weight excluding hydrogens is 578 g/mol. The number of carbonyl (C=O) groups is 1. The lowest BCUT2D eigenvalue weighted by Gasteiger charge is -2.34. The highest BCUT2D eigenvalue weighted by Gasteiger charge is 2.55. The number of benzene rings is 3. The summed E-state index contributed by atoms with van der Waals surface area (Å²) in [5, 5.41) is 3.01. The summed E-state index contributed by atoms with van der Waals surface area (Å²) in [5.74, 6) is -1.40. The fraction of sp³-hybridized carbons (Fsp3) is 0.333. The van der Waals surface area contributed by atoms with Crippen LogP contribution in [0.1, 0.15) is 53.6 Å². The molecule has 44 heavy (non-hydrogen) atoms. The first-order chi connectivity index (χ1) is 21.2. The fourth-order valence-corrected chi connectivity index (χ4v) is 6.67. The van der Waals surface area contributed by atoms with Crippen LogP contribution in [0.15, 0.2) is 85.2 Å². The largest absolute Gasteiger partial charge is 0.496 e. The van der Waals surface area contributed by atoms with Gasteiger partial charge in [-0.05, 0) is 60.7 Å². The molecule has 1 N–H and O–H groups in total. The SMILES string of the molecule is COc1ccc(-n2ccnc2C(F)(F)F)cc1[C@H]1CO[C@]2(CC[C@H](NC(=O)OCc3ccccc3)[C@H]2c2ccc(F)cc2)C1. The Balaban J connectivity index is 1.27. The second-order valence-electron chi connectivity index (χ2n) is 11.2. The van der Waals surface area contributed by atoms with E-state index in [1.165, 1.54) is 25.4 Å². The minimum absolute atomic E-state index is 0.118. The van der Waals surface area contributed by atoms with Crippen LogP contribution in [-0.4, -0.2) is 41.0 Å². The van der Waals surface area contributed by atoms with Crippen LogP contribution in [0.25, 0.3) is 5.69 Å². The molecule has 3 aromatic carbocycles. The first kappa shape index (κ1) is 29.7. The van der Waals surface area contributed by atoms with Crippen LogP contribution in [0.3, 0.4) is 0 Å². The lowest BCUT2D eigenvalue weighted by molar-refractivity contribution is -0.145. The summed E-state index contributed by atoms with van der Waals surface area (Å²) in [6.45, 7) is 0.409. The highest BCUT2D eigenvalue weighted by Crippen LogP contribution is 2.55. The molecular formula is C33H31F4N3O4. The number of hydrogen-bond donors (Lipinski definition) is 1. The number of carbonyl (C=O) groups excluding carboxylic acids is 1. The molecule has 11 heteroatoms. The van der Waals surface area contributed by atoms with Crippen molar-refractivity contribution in [3.63, 3.8) is 0 Å². The summed E-state index contributed by atoms with van der Waals surface area (Å²) in [4.78, 5) is 16.4. The maximum Gasteiger partial charge on any atom is 0.450 e. The van der Waals surface area contributed by atoms with E-state index >= 15 is 0 Å². The maximum absolute atomic E-state index is 13.9. The van der Waals surface area contributed by atoms with Crippen molar-refractivity contribution in [3.8, 4) is 11.4 Å². The van der Waals surface area contributed by atoms with Crippen molar-refractivity contribution in [2.24, 2.45) is 0 Å². The summed E-state index contributed by atoms with van der Waals surface area (Å²) in [5.41, 5.74) is 1.96. The van der Waals surface area contributed by atoms with Gasteiger partial charge in [-0.3, -0.25) is 4.57 Å². The molecule has 4 aromatic rings. The second kappa shape index (κ2) is 12.0. The van der Waals surface area contributed by atoms with Crippen molar-refractivity contribution in [2.45, 2.75) is 55.5 Å². The normalized spacial score (nSPS) is 23.2. The van der Waals surface area contributed by atoms with Gasteiger partial charge in [0.05, 0.1) is 19.3 Å². The Bertz CT molecular complexity index is 1610. The molecule has 1 amide bonds. The number of imidazole rings is 1. The number of halogens is 4. The van der Waals surface area contributed by atoms with Crippen LogP contribution >= 0.6 is 0 Å². The average Bonchev–Trinajstić information content (AvgIpc) is 3.76. The van der Waals surface area contributed by atoms with Gasteiger partial charge in [0.25, 0.3) is 0 Å². The van der Waals surface area contributed by atoms with Crippen molar-refractivity contribution in [2.75, 3.05) is 13.7 Å². The fourth-order valence-electron chi connectivity index (χ4n) is 6.67. The molecule has 1 saturated carbocycles. The monoisotopic (exact) mass is 609 g/mol. The Morgan fingerprint density at radius 3 is 2.61 bits per heavy atom. The van der Waals surface area contributed by atoms with Crippen LogP contribution in [0.4, 0.5) is 22.4 Å². The van der Waals surface area contributed by atoms with Crippen LogP contribution in [0.5, 0.6) is 5.75 Å². The van der Waals surface area contributed by atoms with Gasteiger partial charge in [-0.15, -0.1) is 0 Å². The van der Waals surface area contributed by atoms with Gasteiger partial charge in [0, 0.05) is 41.5 Å². The number of amides is 1. The molecule has 230 valence electrons. The van der Waals surface area contributed by atoms with E-state index in [0.29, 0.717) is 42.9 Å². The molecule has 2 fully saturated rings. The van der Waals surface area contributed by atoms with Gasteiger partial charge >= 0.3 is 12.3 Å². The van der Waals surface area contributed by atoms with Crippen LogP contribution < -0.4 is 10.1 Å². The van der Waals surface area contributed by atoms with Gasteiger partial charge in [0.15, 0.2) is 0 Å². The number of alkyl halides is 3. The Morgan fingerprint density at radius 1 is 1.11 bits per heavy atom. The smallest absolute Gasteiger partial charge is 0.450 e. The third kappa shape index (κ3) is 5.88.